The Kier molecular flexibility index (Phi) is 7.51. The minimum Gasteiger partial charge on any atom is -0.445 e. The van der Waals surface area contributed by atoms with Gasteiger partial charge in [-0.25, -0.2) is 16.8 Å². The van der Waals surface area contributed by atoms with E-state index in [4.69, 9.17) is 9.47 Å². The molecule has 1 aliphatic carbocycles. The zero-order valence-electron chi connectivity index (χ0n) is 18.9. The largest absolute Gasteiger partial charge is 0.501 e. The molecular weight excluding hydrogens is 594 g/mol. The van der Waals surface area contributed by atoms with Gasteiger partial charge in [-0.05, 0) is 37.1 Å². The number of sulfone groups is 2. The van der Waals surface area contributed by atoms with Crippen molar-refractivity contribution in [3.05, 3.63) is 56.6 Å². The molecule has 0 atom stereocenters. The molecule has 0 aliphatic heterocycles. The first-order chi connectivity index (χ1) is 17.7. The second-order valence-electron chi connectivity index (χ2n) is 7.99. The highest BCUT2D eigenvalue weighted by Crippen LogP contribution is 2.44. The Labute approximate surface area is 214 Å². The van der Waals surface area contributed by atoms with Gasteiger partial charge in [-0.15, -0.1) is 0 Å². The average Bonchev–Trinajstić information content (AvgIpc) is 3.25. The third kappa shape index (κ3) is 5.70. The molecule has 0 spiro atoms. The van der Waals surface area contributed by atoms with Gasteiger partial charge in [0.2, 0.25) is 11.5 Å². The van der Waals surface area contributed by atoms with Crippen LogP contribution < -0.4 is 9.47 Å². The van der Waals surface area contributed by atoms with Crippen LogP contribution in [0.25, 0.3) is 0 Å². The van der Waals surface area contributed by atoms with Crippen molar-refractivity contribution < 1.29 is 62.5 Å². The van der Waals surface area contributed by atoms with E-state index >= 15 is 0 Å². The lowest BCUT2D eigenvalue weighted by Crippen LogP contribution is -2.39. The Balaban J connectivity index is 2.06. The number of nitro benzene ring substituents is 2. The van der Waals surface area contributed by atoms with Crippen molar-refractivity contribution in [1.82, 2.24) is 0 Å². The van der Waals surface area contributed by atoms with Gasteiger partial charge < -0.3 is 9.47 Å². The second kappa shape index (κ2) is 9.81. The van der Waals surface area contributed by atoms with Gasteiger partial charge in [-0.2, -0.15) is 26.3 Å². The van der Waals surface area contributed by atoms with Crippen molar-refractivity contribution in [2.75, 3.05) is 0 Å². The zero-order valence-corrected chi connectivity index (χ0v) is 20.5. The smallest absolute Gasteiger partial charge is 0.445 e. The number of alkyl halides is 6. The lowest BCUT2D eigenvalue weighted by Gasteiger charge is -2.30. The molecule has 12 nitrogen and oxygen atoms in total. The second-order valence-corrected chi connectivity index (χ2v) is 11.9. The molecule has 0 radical (unpaired) electrons. The van der Waals surface area contributed by atoms with E-state index in [1.54, 1.807) is 0 Å². The maximum absolute atomic E-state index is 12.9. The fourth-order valence-electron chi connectivity index (χ4n) is 3.59. The minimum absolute atomic E-state index is 0.0973. The van der Waals surface area contributed by atoms with Crippen LogP contribution in [0.4, 0.5) is 37.7 Å². The van der Waals surface area contributed by atoms with Crippen molar-refractivity contribution in [2.24, 2.45) is 0 Å². The number of ether oxygens (including phenoxy) is 2. The standard InChI is InChI=1S/C19H14F6N2O10S2/c20-18(21,22)38(32,33)11-3-5-15(13(9-11)26(28)29)36-17(7-1-2-8-17)37-16-6-4-12(10-14(16)27(30)31)39(34,35)19(23,24)25/h3-6,9-10H,1-2,7-8H2. The Bertz CT molecular complexity index is 1420. The van der Waals surface area contributed by atoms with Crippen LogP contribution in [0.15, 0.2) is 46.2 Å². The highest BCUT2D eigenvalue weighted by atomic mass is 32.2. The fourth-order valence-corrected chi connectivity index (χ4v) is 5.16. The SMILES string of the molecule is O=[N+]([O-])c1cc(S(=O)(=O)C(F)(F)F)ccc1OC1(Oc2ccc(S(=O)(=O)C(F)(F)F)cc2[N+](=O)[O-])CCCC1. The van der Waals surface area contributed by atoms with Crippen molar-refractivity contribution in [3.63, 3.8) is 0 Å². The molecular formula is C19H14F6N2O10S2. The summed E-state index contributed by atoms with van der Waals surface area (Å²) in [4.78, 5) is 17.6. The first-order valence-corrected chi connectivity index (χ1v) is 13.3. The van der Waals surface area contributed by atoms with E-state index < -0.39 is 79.0 Å². The highest BCUT2D eigenvalue weighted by Gasteiger charge is 2.49. The predicted molar refractivity (Wildman–Crippen MR) is 115 cm³/mol. The minimum atomic E-state index is -5.98. The number of hydrogen-bond acceptors (Lipinski definition) is 10. The van der Waals surface area contributed by atoms with Gasteiger partial charge in [0.25, 0.3) is 25.5 Å². The number of nitro groups is 2. The molecule has 0 amide bonds. The summed E-state index contributed by atoms with van der Waals surface area (Å²) in [5, 5.41) is 23.0. The Morgan fingerprint density at radius 2 is 1.03 bits per heavy atom. The predicted octanol–water partition coefficient (Wildman–Crippen LogP) is 4.82. The van der Waals surface area contributed by atoms with E-state index in [9.17, 15) is 63.4 Å². The number of halogens is 6. The molecule has 20 heteroatoms. The molecule has 0 unspecified atom stereocenters. The lowest BCUT2D eigenvalue weighted by molar-refractivity contribution is -0.388. The van der Waals surface area contributed by atoms with Crippen molar-refractivity contribution in [1.29, 1.82) is 0 Å². The molecule has 3 rings (SSSR count). The molecule has 0 N–H and O–H groups in total. The van der Waals surface area contributed by atoms with E-state index in [2.05, 4.69) is 0 Å². The van der Waals surface area contributed by atoms with Crippen LogP contribution in [0.3, 0.4) is 0 Å². The topological polar surface area (TPSA) is 173 Å². The summed E-state index contributed by atoms with van der Waals surface area (Å²) in [7, 11) is -12.0. The van der Waals surface area contributed by atoms with Gasteiger partial charge in [0, 0.05) is 25.0 Å². The van der Waals surface area contributed by atoms with Gasteiger partial charge in [-0.1, -0.05) is 0 Å². The van der Waals surface area contributed by atoms with Crippen molar-refractivity contribution >= 4 is 31.0 Å². The van der Waals surface area contributed by atoms with Gasteiger partial charge in [0.1, 0.15) is 0 Å². The van der Waals surface area contributed by atoms with Crippen molar-refractivity contribution in [2.45, 2.75) is 52.3 Å². The summed E-state index contributed by atoms with van der Waals surface area (Å²) in [6.45, 7) is 0. The van der Waals surface area contributed by atoms with Crippen LogP contribution in [0.5, 0.6) is 11.5 Å². The quantitative estimate of drug-likeness (QED) is 0.175. The maximum Gasteiger partial charge on any atom is 0.501 e. The monoisotopic (exact) mass is 608 g/mol. The van der Waals surface area contributed by atoms with E-state index in [0.717, 1.165) is 0 Å². The first-order valence-electron chi connectivity index (χ1n) is 10.3. The normalized spacial score (nSPS) is 16.1. The number of nitrogens with zero attached hydrogens (tertiary/aromatic N) is 2. The molecule has 0 bridgehead atoms. The number of rotatable bonds is 8. The van der Waals surface area contributed by atoms with Crippen LogP contribution in [0.2, 0.25) is 0 Å². The van der Waals surface area contributed by atoms with Crippen LogP contribution >= 0.6 is 0 Å². The van der Waals surface area contributed by atoms with Crippen LogP contribution in [-0.4, -0.2) is 43.5 Å². The maximum atomic E-state index is 12.9. The van der Waals surface area contributed by atoms with E-state index in [0.29, 0.717) is 37.1 Å². The van der Waals surface area contributed by atoms with Crippen molar-refractivity contribution in [3.8, 4) is 11.5 Å². The molecule has 1 saturated carbocycles. The summed E-state index contributed by atoms with van der Waals surface area (Å²) in [6.07, 6.45) is 0.324. The van der Waals surface area contributed by atoms with Crippen LogP contribution in [-0.2, 0) is 19.7 Å². The lowest BCUT2D eigenvalue weighted by atomic mass is 10.2. The molecule has 0 heterocycles. The fraction of sp³-hybridized carbons (Fsp3) is 0.368. The summed E-state index contributed by atoms with van der Waals surface area (Å²) in [5.74, 6) is -3.53. The number of hydrogen-bond donors (Lipinski definition) is 0. The third-order valence-corrected chi connectivity index (χ3v) is 8.41. The Morgan fingerprint density at radius 1 is 0.692 bits per heavy atom. The molecule has 214 valence electrons. The van der Waals surface area contributed by atoms with Crippen LogP contribution in [0.1, 0.15) is 25.7 Å². The molecule has 2 aromatic rings. The van der Waals surface area contributed by atoms with Gasteiger partial charge in [0.05, 0.1) is 19.6 Å². The third-order valence-electron chi connectivity index (χ3n) is 5.44. The summed E-state index contributed by atoms with van der Waals surface area (Å²) in [5.41, 5.74) is -14.0. The molecule has 1 aliphatic rings. The van der Waals surface area contributed by atoms with E-state index in [1.807, 2.05) is 0 Å². The van der Waals surface area contributed by atoms with E-state index in [1.165, 1.54) is 0 Å². The van der Waals surface area contributed by atoms with Crippen LogP contribution in [0, 0.1) is 20.2 Å². The summed E-state index contributed by atoms with van der Waals surface area (Å²) >= 11 is 0. The Morgan fingerprint density at radius 3 is 1.31 bits per heavy atom. The van der Waals surface area contributed by atoms with E-state index in [-0.39, 0.29) is 25.0 Å². The summed E-state index contributed by atoms with van der Waals surface area (Å²) in [6, 6.07) is 2.06. The zero-order chi connectivity index (χ0) is 29.6. The van der Waals surface area contributed by atoms with Gasteiger partial charge >= 0.3 is 22.4 Å². The van der Waals surface area contributed by atoms with Gasteiger partial charge in [-0.3, -0.25) is 20.2 Å². The molecule has 0 saturated heterocycles. The highest BCUT2D eigenvalue weighted by molar-refractivity contribution is 7.92. The number of benzene rings is 2. The first kappa shape index (κ1) is 29.9. The molecule has 2 aromatic carbocycles. The molecule has 0 aromatic heterocycles. The Hall–Kier alpha value is -3.68. The average molecular weight is 608 g/mol. The summed E-state index contributed by atoms with van der Waals surface area (Å²) < 4.78 is 135. The van der Waals surface area contributed by atoms with Gasteiger partial charge in [0.15, 0.2) is 0 Å². The molecule has 1 fully saturated rings. The molecule has 39 heavy (non-hydrogen) atoms.